The number of anilines is 2. The van der Waals surface area contributed by atoms with Gasteiger partial charge < -0.3 is 19.7 Å². The van der Waals surface area contributed by atoms with Crippen molar-refractivity contribution in [3.63, 3.8) is 0 Å². The second-order valence-electron chi connectivity index (χ2n) is 9.23. The first-order valence-electron chi connectivity index (χ1n) is 12.4. The van der Waals surface area contributed by atoms with E-state index in [2.05, 4.69) is 5.32 Å². The van der Waals surface area contributed by atoms with Crippen LogP contribution in [0.1, 0.15) is 34.8 Å². The van der Waals surface area contributed by atoms with E-state index in [0.29, 0.717) is 29.3 Å². The van der Waals surface area contributed by atoms with Crippen molar-refractivity contribution in [3.05, 3.63) is 83.4 Å². The standard InChI is InChI=1S/C29H27N3O6/c1-3-22(28(35)30-20-12-13-24-25(14-20)38-17-37-24)31(15-19-10-8-18(2)9-11-19)26(33)16-32-23-7-5-4-6-21(23)27(34)29(32)36/h4-14,22H,3,15-17H2,1-2H3,(H,30,35). The molecule has 1 N–H and O–H groups in total. The number of amides is 3. The molecule has 0 radical (unpaired) electrons. The molecule has 0 fully saturated rings. The van der Waals surface area contributed by atoms with Crippen LogP contribution < -0.4 is 19.7 Å². The number of Topliss-reactive ketones (excluding diaryl/α,β-unsaturated/α-hetero) is 1. The van der Waals surface area contributed by atoms with E-state index in [-0.39, 0.29) is 31.4 Å². The van der Waals surface area contributed by atoms with Gasteiger partial charge in [-0.05, 0) is 43.2 Å². The first-order chi connectivity index (χ1) is 18.4. The van der Waals surface area contributed by atoms with Crippen LogP contribution >= 0.6 is 0 Å². The fraction of sp³-hybridized carbons (Fsp3) is 0.241. The summed E-state index contributed by atoms with van der Waals surface area (Å²) >= 11 is 0. The maximum atomic E-state index is 13.7. The van der Waals surface area contributed by atoms with Gasteiger partial charge in [-0.3, -0.25) is 24.1 Å². The summed E-state index contributed by atoms with van der Waals surface area (Å²) in [5, 5.41) is 2.87. The van der Waals surface area contributed by atoms with Crippen molar-refractivity contribution in [2.24, 2.45) is 0 Å². The quantitative estimate of drug-likeness (QED) is 0.461. The lowest BCUT2D eigenvalue weighted by Crippen LogP contribution is -2.50. The van der Waals surface area contributed by atoms with E-state index in [0.717, 1.165) is 11.1 Å². The van der Waals surface area contributed by atoms with Crippen molar-refractivity contribution in [3.8, 4) is 11.5 Å². The number of carbonyl (C=O) groups is 4. The fourth-order valence-electron chi connectivity index (χ4n) is 4.64. The van der Waals surface area contributed by atoms with Gasteiger partial charge in [0, 0.05) is 18.3 Å². The maximum absolute atomic E-state index is 13.7. The van der Waals surface area contributed by atoms with Crippen LogP contribution in [0.2, 0.25) is 0 Å². The first kappa shape index (κ1) is 25.0. The molecule has 0 bridgehead atoms. The lowest BCUT2D eigenvalue weighted by atomic mass is 10.1. The number of hydrogen-bond acceptors (Lipinski definition) is 6. The van der Waals surface area contributed by atoms with Gasteiger partial charge in [-0.15, -0.1) is 0 Å². The molecular weight excluding hydrogens is 486 g/mol. The highest BCUT2D eigenvalue weighted by molar-refractivity contribution is 6.52. The molecule has 0 aliphatic carbocycles. The Balaban J connectivity index is 1.41. The summed E-state index contributed by atoms with van der Waals surface area (Å²) in [4.78, 5) is 55.1. The van der Waals surface area contributed by atoms with Crippen LogP contribution in [0.25, 0.3) is 0 Å². The normalized spacial score (nSPS) is 14.3. The molecule has 3 aromatic carbocycles. The highest BCUT2D eigenvalue weighted by Gasteiger charge is 2.38. The van der Waals surface area contributed by atoms with E-state index in [9.17, 15) is 19.2 Å². The van der Waals surface area contributed by atoms with E-state index in [1.807, 2.05) is 38.1 Å². The van der Waals surface area contributed by atoms with Gasteiger partial charge in [0.15, 0.2) is 11.5 Å². The van der Waals surface area contributed by atoms with Crippen molar-refractivity contribution in [1.29, 1.82) is 0 Å². The third kappa shape index (κ3) is 4.82. The van der Waals surface area contributed by atoms with E-state index in [1.165, 1.54) is 9.80 Å². The molecule has 38 heavy (non-hydrogen) atoms. The van der Waals surface area contributed by atoms with Crippen molar-refractivity contribution >= 4 is 34.9 Å². The summed E-state index contributed by atoms with van der Waals surface area (Å²) in [6.45, 7) is 3.70. The zero-order chi connectivity index (χ0) is 26.8. The molecule has 0 aromatic heterocycles. The van der Waals surface area contributed by atoms with Crippen molar-refractivity contribution in [1.82, 2.24) is 4.90 Å². The SMILES string of the molecule is CCC(C(=O)Nc1ccc2c(c1)OCO2)N(Cc1ccc(C)cc1)C(=O)CN1C(=O)C(=O)c2ccccc21. The maximum Gasteiger partial charge on any atom is 0.299 e. The molecule has 3 amide bonds. The van der Waals surface area contributed by atoms with Crippen LogP contribution in [0.5, 0.6) is 11.5 Å². The number of hydrogen-bond donors (Lipinski definition) is 1. The summed E-state index contributed by atoms with van der Waals surface area (Å²) in [6.07, 6.45) is 0.331. The Hall–Kier alpha value is -4.66. The number of nitrogens with one attached hydrogen (secondary N) is 1. The summed E-state index contributed by atoms with van der Waals surface area (Å²) in [5.74, 6) is -1.11. The topological polar surface area (TPSA) is 105 Å². The van der Waals surface area contributed by atoms with E-state index in [1.54, 1.807) is 42.5 Å². The van der Waals surface area contributed by atoms with Crippen LogP contribution in [-0.4, -0.2) is 47.8 Å². The van der Waals surface area contributed by atoms with Gasteiger partial charge in [0.2, 0.25) is 18.6 Å². The Morgan fingerprint density at radius 3 is 2.50 bits per heavy atom. The predicted molar refractivity (Wildman–Crippen MR) is 140 cm³/mol. The average molecular weight is 514 g/mol. The van der Waals surface area contributed by atoms with Gasteiger partial charge in [-0.1, -0.05) is 48.9 Å². The molecule has 0 spiro atoms. The van der Waals surface area contributed by atoms with Crippen LogP contribution in [0.4, 0.5) is 11.4 Å². The van der Waals surface area contributed by atoms with E-state index in [4.69, 9.17) is 9.47 Å². The second-order valence-corrected chi connectivity index (χ2v) is 9.23. The Labute approximate surface area is 219 Å². The van der Waals surface area contributed by atoms with Gasteiger partial charge in [0.05, 0.1) is 11.3 Å². The number of para-hydroxylation sites is 1. The highest BCUT2D eigenvalue weighted by Crippen LogP contribution is 2.34. The molecule has 1 unspecified atom stereocenters. The molecule has 2 heterocycles. The number of fused-ring (bicyclic) bond motifs is 2. The molecule has 0 saturated carbocycles. The van der Waals surface area contributed by atoms with Crippen LogP contribution in [-0.2, 0) is 20.9 Å². The number of ether oxygens (including phenoxy) is 2. The van der Waals surface area contributed by atoms with Gasteiger partial charge in [-0.2, -0.15) is 0 Å². The number of ketones is 1. The minimum absolute atomic E-state index is 0.115. The number of rotatable bonds is 8. The smallest absolute Gasteiger partial charge is 0.299 e. The lowest BCUT2D eigenvalue weighted by Gasteiger charge is -2.32. The predicted octanol–water partition coefficient (Wildman–Crippen LogP) is 3.70. The van der Waals surface area contributed by atoms with Gasteiger partial charge in [-0.25, -0.2) is 0 Å². The van der Waals surface area contributed by atoms with Gasteiger partial charge >= 0.3 is 0 Å². The Morgan fingerprint density at radius 1 is 1.00 bits per heavy atom. The number of carbonyl (C=O) groups excluding carboxylic acids is 4. The highest BCUT2D eigenvalue weighted by atomic mass is 16.7. The molecule has 9 nitrogen and oxygen atoms in total. The van der Waals surface area contributed by atoms with Crippen LogP contribution in [0, 0.1) is 6.92 Å². The number of aryl methyl sites for hydroxylation is 1. The lowest BCUT2D eigenvalue weighted by molar-refractivity contribution is -0.138. The zero-order valence-corrected chi connectivity index (χ0v) is 21.1. The second kappa shape index (κ2) is 10.4. The molecule has 2 aliphatic rings. The minimum atomic E-state index is -0.835. The van der Waals surface area contributed by atoms with Crippen LogP contribution in [0.15, 0.2) is 66.7 Å². The third-order valence-electron chi connectivity index (χ3n) is 6.67. The first-order valence-corrected chi connectivity index (χ1v) is 12.4. The monoisotopic (exact) mass is 513 g/mol. The summed E-state index contributed by atoms with van der Waals surface area (Å²) in [7, 11) is 0. The Bertz CT molecular complexity index is 1420. The molecule has 3 aromatic rings. The molecule has 0 saturated heterocycles. The summed E-state index contributed by atoms with van der Waals surface area (Å²) in [6, 6.07) is 18.5. The Kier molecular flexibility index (Phi) is 6.83. The average Bonchev–Trinajstić information content (AvgIpc) is 3.48. The molecular formula is C29H27N3O6. The van der Waals surface area contributed by atoms with E-state index >= 15 is 0 Å². The largest absolute Gasteiger partial charge is 0.454 e. The molecule has 194 valence electrons. The number of benzene rings is 3. The van der Waals surface area contributed by atoms with Crippen LogP contribution in [0.3, 0.4) is 0 Å². The third-order valence-corrected chi connectivity index (χ3v) is 6.67. The molecule has 2 aliphatic heterocycles. The van der Waals surface area contributed by atoms with E-state index < -0.39 is 23.6 Å². The van der Waals surface area contributed by atoms with Crippen molar-refractivity contribution in [2.45, 2.75) is 32.9 Å². The minimum Gasteiger partial charge on any atom is -0.454 e. The van der Waals surface area contributed by atoms with Gasteiger partial charge in [0.25, 0.3) is 11.7 Å². The fourth-order valence-corrected chi connectivity index (χ4v) is 4.64. The van der Waals surface area contributed by atoms with Crippen molar-refractivity contribution < 1.29 is 28.7 Å². The molecule has 9 heteroatoms. The molecule has 5 rings (SSSR count). The summed E-state index contributed by atoms with van der Waals surface area (Å²) in [5.41, 5.74) is 3.07. The van der Waals surface area contributed by atoms with Gasteiger partial charge in [0.1, 0.15) is 12.6 Å². The summed E-state index contributed by atoms with van der Waals surface area (Å²) < 4.78 is 10.7. The number of nitrogens with zero attached hydrogens (tertiary/aromatic N) is 2. The van der Waals surface area contributed by atoms with Crippen molar-refractivity contribution in [2.75, 3.05) is 23.6 Å². The Morgan fingerprint density at radius 2 is 1.74 bits per heavy atom. The molecule has 1 atom stereocenters. The zero-order valence-electron chi connectivity index (χ0n) is 21.1.